The molecule has 94 valence electrons. The quantitative estimate of drug-likeness (QED) is 0.643. The number of halogens is 1. The van der Waals surface area contributed by atoms with Crippen molar-refractivity contribution < 1.29 is 9.13 Å². The van der Waals surface area contributed by atoms with Crippen LogP contribution in [0.15, 0.2) is 48.5 Å². The van der Waals surface area contributed by atoms with Crippen molar-refractivity contribution in [3.05, 3.63) is 65.5 Å². The van der Waals surface area contributed by atoms with Gasteiger partial charge in [0.15, 0.2) is 0 Å². The monoisotopic (exact) mass is 246 g/mol. The molecule has 3 nitrogen and oxygen atoms in total. The Balaban J connectivity index is 2.48. The highest BCUT2D eigenvalue weighted by Crippen LogP contribution is 2.29. The SMILES string of the molecule is COc1ccc(F)cc1C(NN)c1ccccc1. The maximum atomic E-state index is 13.4. The number of hydrazine groups is 1. The summed E-state index contributed by atoms with van der Waals surface area (Å²) in [5, 5.41) is 0. The van der Waals surface area contributed by atoms with Crippen LogP contribution in [-0.4, -0.2) is 7.11 Å². The van der Waals surface area contributed by atoms with Gasteiger partial charge in [-0.05, 0) is 23.8 Å². The summed E-state index contributed by atoms with van der Waals surface area (Å²) in [6.45, 7) is 0. The number of nitrogens with one attached hydrogen (secondary N) is 1. The van der Waals surface area contributed by atoms with Gasteiger partial charge in [0.1, 0.15) is 11.6 Å². The molecule has 0 aliphatic carbocycles. The number of nitrogens with two attached hydrogens (primary N) is 1. The van der Waals surface area contributed by atoms with Gasteiger partial charge in [0.05, 0.1) is 13.2 Å². The van der Waals surface area contributed by atoms with Crippen LogP contribution >= 0.6 is 0 Å². The molecule has 1 unspecified atom stereocenters. The molecule has 0 radical (unpaired) electrons. The second-order valence-electron chi connectivity index (χ2n) is 3.90. The zero-order valence-corrected chi connectivity index (χ0v) is 10.1. The van der Waals surface area contributed by atoms with Crippen molar-refractivity contribution in [2.24, 2.45) is 5.84 Å². The Bertz CT molecular complexity index is 516. The minimum atomic E-state index is -0.318. The number of ether oxygens (including phenoxy) is 1. The molecule has 2 rings (SSSR count). The average Bonchev–Trinajstić information content (AvgIpc) is 2.41. The summed E-state index contributed by atoms with van der Waals surface area (Å²) >= 11 is 0. The lowest BCUT2D eigenvalue weighted by atomic mass is 9.98. The molecule has 0 bridgehead atoms. The van der Waals surface area contributed by atoms with Crippen LogP contribution in [0.5, 0.6) is 5.75 Å². The molecule has 0 heterocycles. The molecule has 1 atom stereocenters. The second-order valence-corrected chi connectivity index (χ2v) is 3.90. The predicted molar refractivity (Wildman–Crippen MR) is 68.6 cm³/mol. The topological polar surface area (TPSA) is 47.3 Å². The van der Waals surface area contributed by atoms with Crippen molar-refractivity contribution in [1.82, 2.24) is 5.43 Å². The maximum absolute atomic E-state index is 13.4. The lowest BCUT2D eigenvalue weighted by Gasteiger charge is -2.19. The van der Waals surface area contributed by atoms with Gasteiger partial charge in [0.25, 0.3) is 0 Å². The van der Waals surface area contributed by atoms with E-state index in [0.29, 0.717) is 11.3 Å². The Labute approximate surface area is 105 Å². The fraction of sp³-hybridized carbons (Fsp3) is 0.143. The fourth-order valence-corrected chi connectivity index (χ4v) is 1.94. The first-order valence-corrected chi connectivity index (χ1v) is 5.60. The standard InChI is InChI=1S/C14H15FN2O/c1-18-13-8-7-11(15)9-12(13)14(17-16)10-5-3-2-4-6-10/h2-9,14,17H,16H2,1H3. The van der Waals surface area contributed by atoms with E-state index < -0.39 is 0 Å². The second kappa shape index (κ2) is 5.62. The number of rotatable bonds is 4. The third-order valence-corrected chi connectivity index (χ3v) is 2.80. The van der Waals surface area contributed by atoms with Crippen molar-refractivity contribution in [2.45, 2.75) is 6.04 Å². The Morgan fingerprint density at radius 1 is 1.17 bits per heavy atom. The van der Waals surface area contributed by atoms with Crippen molar-refractivity contribution in [3.63, 3.8) is 0 Å². The summed E-state index contributed by atoms with van der Waals surface area (Å²) in [6, 6.07) is 13.7. The summed E-state index contributed by atoms with van der Waals surface area (Å²) in [6.07, 6.45) is 0. The van der Waals surface area contributed by atoms with Crippen LogP contribution in [0.25, 0.3) is 0 Å². The zero-order chi connectivity index (χ0) is 13.0. The van der Waals surface area contributed by atoms with Crippen LogP contribution in [0.2, 0.25) is 0 Å². The van der Waals surface area contributed by atoms with E-state index in [-0.39, 0.29) is 11.9 Å². The van der Waals surface area contributed by atoms with Crippen LogP contribution in [0, 0.1) is 5.82 Å². The van der Waals surface area contributed by atoms with Crippen molar-refractivity contribution in [2.75, 3.05) is 7.11 Å². The molecule has 0 aromatic heterocycles. The highest BCUT2D eigenvalue weighted by atomic mass is 19.1. The van der Waals surface area contributed by atoms with E-state index in [0.717, 1.165) is 5.56 Å². The van der Waals surface area contributed by atoms with Gasteiger partial charge >= 0.3 is 0 Å². The van der Waals surface area contributed by atoms with Crippen LogP contribution in [-0.2, 0) is 0 Å². The summed E-state index contributed by atoms with van der Waals surface area (Å²) in [5.74, 6) is 5.87. The molecule has 0 aliphatic rings. The molecule has 2 aromatic rings. The molecule has 18 heavy (non-hydrogen) atoms. The van der Waals surface area contributed by atoms with Gasteiger partial charge < -0.3 is 4.74 Å². The molecular weight excluding hydrogens is 231 g/mol. The first-order valence-electron chi connectivity index (χ1n) is 5.60. The van der Waals surface area contributed by atoms with Crippen LogP contribution in [0.1, 0.15) is 17.2 Å². The van der Waals surface area contributed by atoms with Gasteiger partial charge in [-0.15, -0.1) is 0 Å². The molecule has 0 aliphatic heterocycles. The van der Waals surface area contributed by atoms with E-state index in [1.54, 1.807) is 13.2 Å². The third-order valence-electron chi connectivity index (χ3n) is 2.80. The van der Waals surface area contributed by atoms with E-state index in [1.165, 1.54) is 12.1 Å². The molecule has 0 fully saturated rings. The lowest BCUT2D eigenvalue weighted by molar-refractivity contribution is 0.402. The highest BCUT2D eigenvalue weighted by Gasteiger charge is 2.17. The lowest BCUT2D eigenvalue weighted by Crippen LogP contribution is -2.29. The van der Waals surface area contributed by atoms with Crippen molar-refractivity contribution in [3.8, 4) is 5.75 Å². The maximum Gasteiger partial charge on any atom is 0.124 e. The van der Waals surface area contributed by atoms with Gasteiger partial charge in [-0.3, -0.25) is 5.84 Å². The van der Waals surface area contributed by atoms with Gasteiger partial charge in [0.2, 0.25) is 0 Å². The summed E-state index contributed by atoms with van der Waals surface area (Å²) in [7, 11) is 1.55. The zero-order valence-electron chi connectivity index (χ0n) is 10.1. The molecule has 2 aromatic carbocycles. The average molecular weight is 246 g/mol. The highest BCUT2D eigenvalue weighted by molar-refractivity contribution is 5.41. The molecule has 0 amide bonds. The van der Waals surface area contributed by atoms with Crippen LogP contribution < -0.4 is 16.0 Å². The number of methoxy groups -OCH3 is 1. The minimum absolute atomic E-state index is 0.308. The Hall–Kier alpha value is -1.91. The predicted octanol–water partition coefficient (Wildman–Crippen LogP) is 2.39. The summed E-state index contributed by atoms with van der Waals surface area (Å²) < 4.78 is 18.6. The van der Waals surface area contributed by atoms with Gasteiger partial charge in [-0.25, -0.2) is 9.82 Å². The number of hydrogen-bond donors (Lipinski definition) is 2. The Morgan fingerprint density at radius 3 is 2.50 bits per heavy atom. The van der Waals surface area contributed by atoms with Gasteiger partial charge in [-0.2, -0.15) is 0 Å². The molecule has 3 N–H and O–H groups in total. The normalized spacial score (nSPS) is 12.2. The number of hydrogen-bond acceptors (Lipinski definition) is 3. The minimum Gasteiger partial charge on any atom is -0.496 e. The fourth-order valence-electron chi connectivity index (χ4n) is 1.94. The Morgan fingerprint density at radius 2 is 1.89 bits per heavy atom. The van der Waals surface area contributed by atoms with E-state index in [9.17, 15) is 4.39 Å². The van der Waals surface area contributed by atoms with E-state index in [4.69, 9.17) is 10.6 Å². The molecule has 0 spiro atoms. The summed E-state index contributed by atoms with van der Waals surface area (Å²) in [5.41, 5.74) is 4.31. The van der Waals surface area contributed by atoms with Crippen LogP contribution in [0.3, 0.4) is 0 Å². The van der Waals surface area contributed by atoms with Gasteiger partial charge in [-0.1, -0.05) is 30.3 Å². The molecule has 4 heteroatoms. The van der Waals surface area contributed by atoms with Gasteiger partial charge in [0, 0.05) is 5.56 Å². The summed E-state index contributed by atoms with van der Waals surface area (Å²) in [4.78, 5) is 0. The molecule has 0 saturated carbocycles. The third kappa shape index (κ3) is 2.50. The Kier molecular flexibility index (Phi) is 3.92. The van der Waals surface area contributed by atoms with E-state index >= 15 is 0 Å². The first-order chi connectivity index (χ1) is 8.76. The largest absolute Gasteiger partial charge is 0.496 e. The number of benzene rings is 2. The van der Waals surface area contributed by atoms with E-state index in [1.807, 2.05) is 30.3 Å². The smallest absolute Gasteiger partial charge is 0.124 e. The van der Waals surface area contributed by atoms with Crippen LogP contribution in [0.4, 0.5) is 4.39 Å². The van der Waals surface area contributed by atoms with Crippen molar-refractivity contribution in [1.29, 1.82) is 0 Å². The molecular formula is C14H15FN2O. The van der Waals surface area contributed by atoms with Crippen molar-refractivity contribution >= 4 is 0 Å². The molecule has 0 saturated heterocycles. The van der Waals surface area contributed by atoms with E-state index in [2.05, 4.69) is 5.43 Å². The first kappa shape index (κ1) is 12.5.